The molecule has 0 aromatic heterocycles. The van der Waals surface area contributed by atoms with Crippen LogP contribution in [0.25, 0.3) is 0 Å². The van der Waals surface area contributed by atoms with Crippen LogP contribution in [0.4, 0.5) is 0 Å². The Morgan fingerprint density at radius 3 is 2.86 bits per heavy atom. The molecule has 0 aliphatic carbocycles. The third-order valence-corrected chi connectivity index (χ3v) is 5.21. The molecule has 0 amide bonds. The molecule has 7 nitrogen and oxygen atoms in total. The molecule has 0 saturated carbocycles. The maximum Gasteiger partial charge on any atom is 0.179 e. The highest BCUT2D eigenvalue weighted by molar-refractivity contribution is 7.91. The summed E-state index contributed by atoms with van der Waals surface area (Å²) in [6, 6.07) is 6.01. The summed E-state index contributed by atoms with van der Waals surface area (Å²) in [5.74, 6) is -0.158. The van der Waals surface area contributed by atoms with E-state index in [1.165, 1.54) is 12.1 Å². The molecule has 1 unspecified atom stereocenters. The summed E-state index contributed by atoms with van der Waals surface area (Å²) in [6.07, 6.45) is 0.315. The molecular formula is C13H19N3O4S. The number of likely N-dealkylation sites (tertiary alicyclic amines) is 1. The molecule has 8 heteroatoms. The second-order valence-corrected chi connectivity index (χ2v) is 7.18. The first-order chi connectivity index (χ1) is 9.92. The molecule has 1 atom stereocenters. The minimum Gasteiger partial charge on any atom is -0.409 e. The molecule has 1 saturated heterocycles. The minimum absolute atomic E-state index is 0.0284. The van der Waals surface area contributed by atoms with E-state index < -0.39 is 9.84 Å². The summed E-state index contributed by atoms with van der Waals surface area (Å²) in [5, 5.41) is 20.9. The summed E-state index contributed by atoms with van der Waals surface area (Å²) < 4.78 is 24.6. The number of rotatable bonds is 5. The van der Waals surface area contributed by atoms with Crippen molar-refractivity contribution in [3.8, 4) is 0 Å². The lowest BCUT2D eigenvalue weighted by Crippen LogP contribution is -2.28. The van der Waals surface area contributed by atoms with E-state index in [9.17, 15) is 13.5 Å². The molecule has 0 radical (unpaired) electrons. The monoisotopic (exact) mass is 313 g/mol. The predicted molar refractivity (Wildman–Crippen MR) is 78.1 cm³/mol. The van der Waals surface area contributed by atoms with Crippen molar-refractivity contribution in [1.82, 2.24) is 4.90 Å². The molecule has 1 aliphatic rings. The van der Waals surface area contributed by atoms with Crippen molar-refractivity contribution >= 4 is 15.7 Å². The maximum atomic E-state index is 12.3. The van der Waals surface area contributed by atoms with Crippen molar-refractivity contribution in [2.24, 2.45) is 10.9 Å². The average Bonchev–Trinajstić information content (AvgIpc) is 2.90. The smallest absolute Gasteiger partial charge is 0.179 e. The van der Waals surface area contributed by atoms with Crippen LogP contribution in [0.15, 0.2) is 34.3 Å². The first kappa shape index (κ1) is 15.7. The Morgan fingerprint density at radius 2 is 2.24 bits per heavy atom. The van der Waals surface area contributed by atoms with Gasteiger partial charge in [0.25, 0.3) is 0 Å². The number of oxime groups is 1. The number of benzene rings is 1. The highest BCUT2D eigenvalue weighted by Crippen LogP contribution is 2.15. The summed E-state index contributed by atoms with van der Waals surface area (Å²) in [6.45, 7) is 1.60. The number of sulfone groups is 1. The van der Waals surface area contributed by atoms with E-state index in [1.807, 2.05) is 4.90 Å². The van der Waals surface area contributed by atoms with Gasteiger partial charge in [-0.3, -0.25) is 4.90 Å². The van der Waals surface area contributed by atoms with E-state index in [2.05, 4.69) is 5.16 Å². The molecule has 0 spiro atoms. The Labute approximate surface area is 123 Å². The number of hydrogen-bond donors (Lipinski definition) is 3. The maximum absolute atomic E-state index is 12.3. The third kappa shape index (κ3) is 3.93. The second-order valence-electron chi connectivity index (χ2n) is 5.08. The first-order valence-electron chi connectivity index (χ1n) is 6.63. The number of nitrogens with zero attached hydrogens (tertiary/aromatic N) is 2. The highest BCUT2D eigenvalue weighted by Gasteiger charge is 2.23. The lowest BCUT2D eigenvalue weighted by atomic mass is 10.2. The van der Waals surface area contributed by atoms with Gasteiger partial charge in [-0.15, -0.1) is 0 Å². The van der Waals surface area contributed by atoms with E-state index in [0.29, 0.717) is 31.6 Å². The lowest BCUT2D eigenvalue weighted by Gasteiger charge is -2.14. The van der Waals surface area contributed by atoms with Gasteiger partial charge in [0.15, 0.2) is 15.7 Å². The van der Waals surface area contributed by atoms with Crippen LogP contribution in [0.3, 0.4) is 0 Å². The van der Waals surface area contributed by atoms with Crippen molar-refractivity contribution in [3.05, 3.63) is 29.8 Å². The van der Waals surface area contributed by atoms with Crippen molar-refractivity contribution in [2.75, 3.05) is 25.4 Å². The van der Waals surface area contributed by atoms with Crippen LogP contribution in [0.2, 0.25) is 0 Å². The fourth-order valence-electron chi connectivity index (χ4n) is 2.29. The largest absolute Gasteiger partial charge is 0.409 e. The zero-order valence-electron chi connectivity index (χ0n) is 11.5. The van der Waals surface area contributed by atoms with Crippen LogP contribution in [-0.2, 0) is 9.84 Å². The number of aliphatic hydroxyl groups is 1. The van der Waals surface area contributed by atoms with E-state index in [1.54, 1.807) is 12.1 Å². The zero-order valence-corrected chi connectivity index (χ0v) is 12.3. The molecule has 2 rings (SSSR count). The number of β-amino-alcohol motifs (C(OH)–C–C–N with tert-alkyl or cyclic N) is 1. The van der Waals surface area contributed by atoms with E-state index >= 15 is 0 Å². The van der Waals surface area contributed by atoms with Gasteiger partial charge in [0.2, 0.25) is 0 Å². The number of hydrogen-bond acceptors (Lipinski definition) is 6. The van der Waals surface area contributed by atoms with Crippen LogP contribution >= 0.6 is 0 Å². The first-order valence-corrected chi connectivity index (χ1v) is 8.29. The molecule has 0 bridgehead atoms. The van der Waals surface area contributed by atoms with E-state index in [0.717, 1.165) is 0 Å². The van der Waals surface area contributed by atoms with Crippen molar-refractivity contribution < 1.29 is 18.7 Å². The lowest BCUT2D eigenvalue weighted by molar-refractivity contribution is 0.178. The topological polar surface area (TPSA) is 116 Å². The van der Waals surface area contributed by atoms with Gasteiger partial charge in [0.05, 0.1) is 16.8 Å². The van der Waals surface area contributed by atoms with Crippen LogP contribution in [0.1, 0.15) is 12.0 Å². The fraction of sp³-hybridized carbons (Fsp3) is 0.462. The van der Waals surface area contributed by atoms with Crippen LogP contribution in [0, 0.1) is 0 Å². The molecule has 1 aromatic carbocycles. The molecule has 1 aliphatic heterocycles. The van der Waals surface area contributed by atoms with Crippen molar-refractivity contribution in [3.63, 3.8) is 0 Å². The Balaban J connectivity index is 2.09. The van der Waals surface area contributed by atoms with Gasteiger partial charge in [0, 0.05) is 25.2 Å². The SMILES string of the molecule is N/C(=N/O)c1cccc(S(=O)(=O)CCN2CCC(O)C2)c1. The minimum atomic E-state index is -3.44. The third-order valence-electron chi connectivity index (χ3n) is 3.52. The van der Waals surface area contributed by atoms with Crippen molar-refractivity contribution in [2.45, 2.75) is 17.4 Å². The molecular weight excluding hydrogens is 294 g/mol. The van der Waals surface area contributed by atoms with Gasteiger partial charge >= 0.3 is 0 Å². The van der Waals surface area contributed by atoms with E-state index in [-0.39, 0.29) is 22.6 Å². The fourth-order valence-corrected chi connectivity index (χ4v) is 3.62. The van der Waals surface area contributed by atoms with Crippen LogP contribution in [0.5, 0.6) is 0 Å². The second kappa shape index (κ2) is 6.42. The number of amidine groups is 1. The number of nitrogens with two attached hydrogens (primary N) is 1. The quantitative estimate of drug-likeness (QED) is 0.295. The van der Waals surface area contributed by atoms with Gasteiger partial charge in [-0.25, -0.2) is 8.42 Å². The summed E-state index contributed by atoms with van der Waals surface area (Å²) in [5.41, 5.74) is 5.82. The molecule has 1 fully saturated rings. The Hall–Kier alpha value is -1.64. The van der Waals surface area contributed by atoms with Gasteiger partial charge in [-0.2, -0.15) is 0 Å². The molecule has 1 heterocycles. The zero-order chi connectivity index (χ0) is 15.5. The highest BCUT2D eigenvalue weighted by atomic mass is 32.2. The Bertz CT molecular complexity index is 630. The Morgan fingerprint density at radius 1 is 1.48 bits per heavy atom. The standard InChI is InChI=1S/C13H19N3O4S/c14-13(15-18)10-2-1-3-12(8-10)21(19,20)7-6-16-5-4-11(17)9-16/h1-3,8,11,17-18H,4-7,9H2,(H2,14,15). The molecule has 21 heavy (non-hydrogen) atoms. The summed E-state index contributed by atoms with van der Waals surface area (Å²) in [4.78, 5) is 2.07. The number of aliphatic hydroxyl groups excluding tert-OH is 1. The van der Waals surface area contributed by atoms with Gasteiger partial charge in [-0.1, -0.05) is 17.3 Å². The molecule has 116 valence electrons. The summed E-state index contributed by atoms with van der Waals surface area (Å²) >= 11 is 0. The van der Waals surface area contributed by atoms with Gasteiger partial charge in [0.1, 0.15) is 0 Å². The van der Waals surface area contributed by atoms with Crippen LogP contribution < -0.4 is 5.73 Å². The Kier molecular flexibility index (Phi) is 4.81. The molecule has 4 N–H and O–H groups in total. The van der Waals surface area contributed by atoms with Gasteiger partial charge in [-0.05, 0) is 18.6 Å². The van der Waals surface area contributed by atoms with Crippen LogP contribution in [-0.4, -0.2) is 61.0 Å². The average molecular weight is 313 g/mol. The van der Waals surface area contributed by atoms with Crippen molar-refractivity contribution in [1.29, 1.82) is 0 Å². The van der Waals surface area contributed by atoms with Gasteiger partial charge < -0.3 is 16.0 Å². The molecule has 1 aromatic rings. The van der Waals surface area contributed by atoms with E-state index in [4.69, 9.17) is 10.9 Å². The summed E-state index contributed by atoms with van der Waals surface area (Å²) in [7, 11) is -3.44. The predicted octanol–water partition coefficient (Wildman–Crippen LogP) is -0.379. The normalized spacial score (nSPS) is 20.8.